The van der Waals surface area contributed by atoms with Crippen LogP contribution in [0.15, 0.2) is 39.9 Å². The number of piperazine rings is 1. The molecule has 1 unspecified atom stereocenters. The quantitative estimate of drug-likeness (QED) is 0.626. The number of sulfonamides is 1. The van der Waals surface area contributed by atoms with Crippen LogP contribution in [0.25, 0.3) is 0 Å². The Morgan fingerprint density at radius 3 is 2.53 bits per heavy atom. The number of nitrogens with zero attached hydrogens (tertiary/aromatic N) is 2. The molecule has 0 aliphatic carbocycles. The van der Waals surface area contributed by atoms with E-state index in [-0.39, 0.29) is 53.6 Å². The molecule has 0 bridgehead atoms. The molecule has 0 N–H and O–H groups in total. The Hall–Kier alpha value is -2.30. The smallest absolute Gasteiger partial charge is 0.338 e. The molecule has 7 nitrogen and oxygen atoms in total. The molecular weight excluding hydrogens is 431 g/mol. The Kier molecular flexibility index (Phi) is 6.89. The van der Waals surface area contributed by atoms with Crippen LogP contribution in [0.2, 0.25) is 0 Å². The first-order valence-corrected chi connectivity index (χ1v) is 11.7. The number of thiophene rings is 1. The summed E-state index contributed by atoms with van der Waals surface area (Å²) in [6, 6.07) is 7.47. The molecule has 0 saturated carbocycles. The van der Waals surface area contributed by atoms with Crippen LogP contribution in [0.4, 0.5) is 4.39 Å². The van der Waals surface area contributed by atoms with Crippen LogP contribution in [0, 0.1) is 11.7 Å². The van der Waals surface area contributed by atoms with Crippen molar-refractivity contribution >= 4 is 33.2 Å². The van der Waals surface area contributed by atoms with Gasteiger partial charge in [0.1, 0.15) is 10.0 Å². The van der Waals surface area contributed by atoms with E-state index < -0.39 is 16.0 Å². The van der Waals surface area contributed by atoms with Crippen LogP contribution >= 0.6 is 11.3 Å². The van der Waals surface area contributed by atoms with Crippen molar-refractivity contribution in [1.82, 2.24) is 9.21 Å². The number of carbonyl (C=O) groups excluding carboxylic acids is 2. The third-order valence-corrected chi connectivity index (χ3v) is 8.31. The Morgan fingerprint density at radius 2 is 1.90 bits per heavy atom. The lowest BCUT2D eigenvalue weighted by Crippen LogP contribution is -2.51. The van der Waals surface area contributed by atoms with Crippen molar-refractivity contribution in [3.05, 3.63) is 52.7 Å². The SMILES string of the molecule is COC(=O)c1csc(S(=O)(=O)N2CCN(C(=O)C(C)Cc3cccc(F)c3)CC2)c1. The number of esters is 1. The minimum atomic E-state index is -3.74. The van der Waals surface area contributed by atoms with Gasteiger partial charge in [0.2, 0.25) is 5.91 Å². The molecule has 1 fully saturated rings. The van der Waals surface area contributed by atoms with Crippen LogP contribution in [-0.2, 0) is 26.0 Å². The minimum absolute atomic E-state index is 0.0714. The summed E-state index contributed by atoms with van der Waals surface area (Å²) in [6.07, 6.45) is 0.417. The van der Waals surface area contributed by atoms with E-state index in [2.05, 4.69) is 4.74 Å². The highest BCUT2D eigenvalue weighted by molar-refractivity contribution is 7.91. The van der Waals surface area contributed by atoms with Gasteiger partial charge in [0.15, 0.2) is 0 Å². The number of amides is 1. The van der Waals surface area contributed by atoms with Crippen molar-refractivity contribution in [2.75, 3.05) is 33.3 Å². The van der Waals surface area contributed by atoms with E-state index in [1.165, 1.54) is 35.0 Å². The number of ether oxygens (including phenoxy) is 1. The molecule has 162 valence electrons. The molecule has 2 aromatic rings. The second-order valence-electron chi connectivity index (χ2n) is 7.11. The Morgan fingerprint density at radius 1 is 1.20 bits per heavy atom. The molecule has 1 saturated heterocycles. The molecule has 1 aromatic carbocycles. The van der Waals surface area contributed by atoms with Crippen molar-refractivity contribution in [3.8, 4) is 0 Å². The van der Waals surface area contributed by atoms with Gasteiger partial charge in [-0.3, -0.25) is 4.79 Å². The Bertz CT molecular complexity index is 1030. The lowest BCUT2D eigenvalue weighted by atomic mass is 9.99. The molecule has 1 aliphatic rings. The molecule has 10 heteroatoms. The maximum absolute atomic E-state index is 13.4. The van der Waals surface area contributed by atoms with Crippen LogP contribution in [-0.4, -0.2) is 62.8 Å². The van der Waals surface area contributed by atoms with Crippen LogP contribution in [0.3, 0.4) is 0 Å². The summed E-state index contributed by atoms with van der Waals surface area (Å²) in [5, 5.41) is 1.45. The van der Waals surface area contributed by atoms with E-state index in [0.717, 1.165) is 16.9 Å². The lowest BCUT2D eigenvalue weighted by molar-refractivity contribution is -0.136. The maximum Gasteiger partial charge on any atom is 0.338 e. The first-order chi connectivity index (χ1) is 14.2. The van der Waals surface area contributed by atoms with Gasteiger partial charge in [-0.05, 0) is 30.2 Å². The van der Waals surface area contributed by atoms with Crippen LogP contribution < -0.4 is 0 Å². The fourth-order valence-corrected chi connectivity index (χ4v) is 6.09. The fraction of sp³-hybridized carbons (Fsp3) is 0.400. The zero-order chi connectivity index (χ0) is 21.9. The first kappa shape index (κ1) is 22.4. The number of benzene rings is 1. The second-order valence-corrected chi connectivity index (χ2v) is 10.2. The van der Waals surface area contributed by atoms with Crippen LogP contribution in [0.5, 0.6) is 0 Å². The normalized spacial score (nSPS) is 16.3. The van der Waals surface area contributed by atoms with Crippen molar-refractivity contribution in [2.45, 2.75) is 17.6 Å². The van der Waals surface area contributed by atoms with Crippen LogP contribution in [0.1, 0.15) is 22.8 Å². The van der Waals surface area contributed by atoms with E-state index >= 15 is 0 Å². The summed E-state index contributed by atoms with van der Waals surface area (Å²) >= 11 is 0.967. The van der Waals surface area contributed by atoms with Gasteiger partial charge in [-0.1, -0.05) is 19.1 Å². The number of hydrogen-bond donors (Lipinski definition) is 0. The van der Waals surface area contributed by atoms with Gasteiger partial charge in [-0.25, -0.2) is 17.6 Å². The largest absolute Gasteiger partial charge is 0.465 e. The van der Waals surface area contributed by atoms with Gasteiger partial charge < -0.3 is 9.64 Å². The Balaban J connectivity index is 1.60. The van der Waals surface area contributed by atoms with E-state index in [4.69, 9.17) is 0 Å². The van der Waals surface area contributed by atoms with Gasteiger partial charge in [0.05, 0.1) is 12.7 Å². The minimum Gasteiger partial charge on any atom is -0.465 e. The predicted octanol–water partition coefficient (Wildman–Crippen LogP) is 2.39. The van der Waals surface area contributed by atoms with E-state index in [9.17, 15) is 22.4 Å². The predicted molar refractivity (Wildman–Crippen MR) is 110 cm³/mol. The highest BCUT2D eigenvalue weighted by Gasteiger charge is 2.32. The molecule has 1 aliphatic heterocycles. The maximum atomic E-state index is 13.4. The third-order valence-electron chi connectivity index (χ3n) is 4.99. The third kappa shape index (κ3) is 4.88. The standard InChI is InChI=1S/C20H23FN2O5S2/c1-14(10-15-4-3-5-17(21)11-15)19(24)22-6-8-23(9-7-22)30(26,27)18-12-16(13-29-18)20(25)28-2/h3-5,11-14H,6-10H2,1-2H3. The lowest BCUT2D eigenvalue weighted by Gasteiger charge is -2.35. The van der Waals surface area contributed by atoms with E-state index in [0.29, 0.717) is 6.42 Å². The van der Waals surface area contributed by atoms with Crippen molar-refractivity contribution < 1.29 is 27.1 Å². The Labute approximate surface area is 179 Å². The van der Waals surface area contributed by atoms with Crippen molar-refractivity contribution in [2.24, 2.45) is 5.92 Å². The number of hydrogen-bond acceptors (Lipinski definition) is 6. The zero-order valence-corrected chi connectivity index (χ0v) is 18.3. The zero-order valence-electron chi connectivity index (χ0n) is 16.7. The second kappa shape index (κ2) is 9.23. The summed E-state index contributed by atoms with van der Waals surface area (Å²) in [5.74, 6) is -1.35. The monoisotopic (exact) mass is 454 g/mol. The van der Waals surface area contributed by atoms with E-state index in [1.807, 2.05) is 0 Å². The fourth-order valence-electron chi connectivity index (χ4n) is 3.37. The molecule has 3 rings (SSSR count). The summed E-state index contributed by atoms with van der Waals surface area (Å²) in [5.41, 5.74) is 0.942. The van der Waals surface area contributed by atoms with Gasteiger partial charge in [-0.2, -0.15) is 4.31 Å². The van der Waals surface area contributed by atoms with Crippen molar-refractivity contribution in [1.29, 1.82) is 0 Å². The molecular formula is C20H23FN2O5S2. The van der Waals surface area contributed by atoms with Gasteiger partial charge in [0.25, 0.3) is 10.0 Å². The van der Waals surface area contributed by atoms with Gasteiger partial charge >= 0.3 is 5.97 Å². The molecule has 2 heterocycles. The molecule has 1 amide bonds. The van der Waals surface area contributed by atoms with E-state index in [1.54, 1.807) is 24.0 Å². The average molecular weight is 455 g/mol. The molecule has 0 spiro atoms. The average Bonchev–Trinajstić information content (AvgIpc) is 3.24. The molecule has 0 radical (unpaired) electrons. The summed E-state index contributed by atoms with van der Waals surface area (Å²) < 4.78 is 45.0. The molecule has 1 aromatic heterocycles. The number of rotatable bonds is 6. The number of methoxy groups -OCH3 is 1. The molecule has 1 atom stereocenters. The number of carbonyl (C=O) groups is 2. The highest BCUT2D eigenvalue weighted by atomic mass is 32.2. The summed E-state index contributed by atoms with van der Waals surface area (Å²) in [6.45, 7) is 2.69. The van der Waals surface area contributed by atoms with Gasteiger partial charge in [-0.15, -0.1) is 11.3 Å². The topological polar surface area (TPSA) is 84.0 Å². The summed E-state index contributed by atoms with van der Waals surface area (Å²) in [4.78, 5) is 26.0. The van der Waals surface area contributed by atoms with Gasteiger partial charge in [0, 0.05) is 37.5 Å². The highest BCUT2D eigenvalue weighted by Crippen LogP contribution is 2.25. The molecule has 30 heavy (non-hydrogen) atoms. The van der Waals surface area contributed by atoms with Crippen molar-refractivity contribution in [3.63, 3.8) is 0 Å². The summed E-state index contributed by atoms with van der Waals surface area (Å²) in [7, 11) is -2.51. The number of halogens is 1. The first-order valence-electron chi connectivity index (χ1n) is 9.42.